The van der Waals surface area contributed by atoms with Gasteiger partial charge in [0.05, 0.1) is 18.5 Å². The zero-order valence-electron chi connectivity index (χ0n) is 17.5. The van der Waals surface area contributed by atoms with Crippen molar-refractivity contribution in [3.63, 3.8) is 0 Å². The molecular weight excluding hydrogens is 402 g/mol. The Morgan fingerprint density at radius 2 is 1.81 bits per heavy atom. The number of fused-ring (bicyclic) bond motifs is 1. The number of nitrogens with zero attached hydrogens (tertiary/aromatic N) is 2. The maximum absolute atomic E-state index is 13.4. The molecule has 4 rings (SSSR count). The van der Waals surface area contributed by atoms with Crippen molar-refractivity contribution in [1.82, 2.24) is 4.90 Å². The highest BCUT2D eigenvalue weighted by Gasteiger charge is 2.35. The lowest BCUT2D eigenvalue weighted by Crippen LogP contribution is -2.45. The fourth-order valence-corrected chi connectivity index (χ4v) is 4.97. The molecule has 1 fully saturated rings. The normalized spacial score (nSPS) is 22.5. The summed E-state index contributed by atoms with van der Waals surface area (Å²) < 4.78 is 26.8. The van der Waals surface area contributed by atoms with E-state index in [-0.39, 0.29) is 30.3 Å². The molecule has 2 aromatic rings. The highest BCUT2D eigenvalue weighted by atomic mass is 19.3. The SMILES string of the molecule is C[C@@H]1Cc2cc(O)ccc2[C@@H](c2ccc(N3CCC(C(=O)O)CC3)cc2)N1CC(F)F. The summed E-state index contributed by atoms with van der Waals surface area (Å²) >= 11 is 0. The molecule has 0 aromatic heterocycles. The zero-order valence-corrected chi connectivity index (χ0v) is 17.5. The number of benzene rings is 2. The first-order valence-electron chi connectivity index (χ1n) is 10.8. The molecule has 7 heteroatoms. The fourth-order valence-electron chi connectivity index (χ4n) is 4.97. The minimum atomic E-state index is -2.43. The fraction of sp³-hybridized carbons (Fsp3) is 0.458. The van der Waals surface area contributed by atoms with E-state index in [1.54, 1.807) is 12.1 Å². The Morgan fingerprint density at radius 3 is 2.42 bits per heavy atom. The molecule has 2 heterocycles. The van der Waals surface area contributed by atoms with Crippen molar-refractivity contribution in [3.8, 4) is 5.75 Å². The van der Waals surface area contributed by atoms with Crippen LogP contribution in [0.3, 0.4) is 0 Å². The lowest BCUT2D eigenvalue weighted by atomic mass is 9.85. The number of anilines is 1. The molecule has 2 atom stereocenters. The van der Waals surface area contributed by atoms with Crippen LogP contribution in [-0.2, 0) is 11.2 Å². The molecule has 0 aliphatic carbocycles. The lowest BCUT2D eigenvalue weighted by Gasteiger charge is -2.42. The molecule has 166 valence electrons. The van der Waals surface area contributed by atoms with Gasteiger partial charge in [0.2, 0.25) is 0 Å². The summed E-state index contributed by atoms with van der Waals surface area (Å²) in [6.45, 7) is 3.02. The van der Waals surface area contributed by atoms with Crippen LogP contribution in [0.15, 0.2) is 42.5 Å². The van der Waals surface area contributed by atoms with Crippen molar-refractivity contribution in [3.05, 3.63) is 59.2 Å². The van der Waals surface area contributed by atoms with Gasteiger partial charge in [0, 0.05) is 24.8 Å². The van der Waals surface area contributed by atoms with Crippen molar-refractivity contribution in [1.29, 1.82) is 0 Å². The number of piperidine rings is 1. The van der Waals surface area contributed by atoms with Crippen LogP contribution in [0.2, 0.25) is 0 Å². The van der Waals surface area contributed by atoms with Gasteiger partial charge in [0.1, 0.15) is 5.75 Å². The summed E-state index contributed by atoms with van der Waals surface area (Å²) in [5.74, 6) is -0.826. The predicted molar refractivity (Wildman–Crippen MR) is 115 cm³/mol. The largest absolute Gasteiger partial charge is 0.508 e. The van der Waals surface area contributed by atoms with Gasteiger partial charge < -0.3 is 15.1 Å². The quantitative estimate of drug-likeness (QED) is 0.741. The maximum atomic E-state index is 13.4. The molecule has 0 unspecified atom stereocenters. The number of phenolic OH excluding ortho intramolecular Hbond substituents is 1. The van der Waals surface area contributed by atoms with Gasteiger partial charge in [0.25, 0.3) is 6.43 Å². The van der Waals surface area contributed by atoms with Gasteiger partial charge in [-0.15, -0.1) is 0 Å². The van der Waals surface area contributed by atoms with Crippen LogP contribution in [0, 0.1) is 5.92 Å². The van der Waals surface area contributed by atoms with Crippen molar-refractivity contribution < 1.29 is 23.8 Å². The second-order valence-electron chi connectivity index (χ2n) is 8.62. The summed E-state index contributed by atoms with van der Waals surface area (Å²) in [4.78, 5) is 15.2. The smallest absolute Gasteiger partial charge is 0.306 e. The van der Waals surface area contributed by atoms with E-state index in [2.05, 4.69) is 4.90 Å². The molecule has 0 bridgehead atoms. The Labute approximate surface area is 180 Å². The van der Waals surface area contributed by atoms with E-state index in [1.165, 1.54) is 0 Å². The van der Waals surface area contributed by atoms with E-state index in [0.717, 1.165) is 22.4 Å². The number of hydrogen-bond acceptors (Lipinski definition) is 4. The number of aliphatic carboxylic acids is 1. The van der Waals surface area contributed by atoms with Crippen LogP contribution in [0.5, 0.6) is 5.75 Å². The number of halogens is 2. The van der Waals surface area contributed by atoms with E-state index in [4.69, 9.17) is 0 Å². The summed E-state index contributed by atoms with van der Waals surface area (Å²) in [7, 11) is 0. The van der Waals surface area contributed by atoms with Gasteiger partial charge in [0.15, 0.2) is 0 Å². The van der Waals surface area contributed by atoms with Crippen LogP contribution in [0.4, 0.5) is 14.5 Å². The third-order valence-corrected chi connectivity index (χ3v) is 6.60. The second-order valence-corrected chi connectivity index (χ2v) is 8.62. The average molecular weight is 430 g/mol. The summed E-state index contributed by atoms with van der Waals surface area (Å²) in [6, 6.07) is 12.8. The van der Waals surface area contributed by atoms with Crippen LogP contribution < -0.4 is 4.90 Å². The first-order chi connectivity index (χ1) is 14.8. The minimum Gasteiger partial charge on any atom is -0.508 e. The van der Waals surface area contributed by atoms with Crippen molar-refractivity contribution in [2.75, 3.05) is 24.5 Å². The molecule has 5 nitrogen and oxygen atoms in total. The van der Waals surface area contributed by atoms with Crippen LogP contribution >= 0.6 is 0 Å². The molecule has 31 heavy (non-hydrogen) atoms. The monoisotopic (exact) mass is 430 g/mol. The number of carbonyl (C=O) groups is 1. The van der Waals surface area contributed by atoms with E-state index in [0.29, 0.717) is 32.4 Å². The van der Waals surface area contributed by atoms with Gasteiger partial charge in [-0.25, -0.2) is 8.78 Å². The van der Waals surface area contributed by atoms with E-state index < -0.39 is 12.4 Å². The van der Waals surface area contributed by atoms with Gasteiger partial charge in [-0.3, -0.25) is 9.69 Å². The first-order valence-corrected chi connectivity index (χ1v) is 10.8. The van der Waals surface area contributed by atoms with Crippen molar-refractivity contribution >= 4 is 11.7 Å². The van der Waals surface area contributed by atoms with Gasteiger partial charge in [-0.1, -0.05) is 18.2 Å². The Kier molecular flexibility index (Phi) is 6.14. The highest BCUT2D eigenvalue weighted by molar-refractivity contribution is 5.70. The standard InChI is InChI=1S/C24H28F2N2O3/c1-15-12-18-13-20(29)6-7-21(18)23(28(15)14-22(25)26)16-2-4-19(5-3-16)27-10-8-17(9-11-27)24(30)31/h2-7,13,15,17,22-23,29H,8-12,14H2,1H3,(H,30,31)/t15-,23-/m1/s1. The summed E-state index contributed by atoms with van der Waals surface area (Å²) in [5, 5.41) is 19.1. The maximum Gasteiger partial charge on any atom is 0.306 e. The number of rotatable bonds is 5. The third kappa shape index (κ3) is 4.51. The Bertz CT molecular complexity index is 927. The first kappa shape index (κ1) is 21.6. The number of alkyl halides is 2. The zero-order chi connectivity index (χ0) is 22.1. The Morgan fingerprint density at radius 1 is 1.13 bits per heavy atom. The Balaban J connectivity index is 1.61. The summed E-state index contributed by atoms with van der Waals surface area (Å²) in [6.07, 6.45) is -0.575. The number of hydrogen-bond donors (Lipinski definition) is 2. The van der Waals surface area contributed by atoms with Crippen LogP contribution in [-0.4, -0.2) is 53.2 Å². The summed E-state index contributed by atoms with van der Waals surface area (Å²) in [5.41, 5.74) is 3.89. The molecule has 2 N–H and O–H groups in total. The third-order valence-electron chi connectivity index (χ3n) is 6.60. The van der Waals surface area contributed by atoms with Gasteiger partial charge >= 0.3 is 5.97 Å². The molecule has 2 aliphatic heterocycles. The van der Waals surface area contributed by atoms with Gasteiger partial charge in [-0.2, -0.15) is 0 Å². The molecule has 0 radical (unpaired) electrons. The highest BCUT2D eigenvalue weighted by Crippen LogP contribution is 2.40. The van der Waals surface area contributed by atoms with E-state index in [9.17, 15) is 23.8 Å². The van der Waals surface area contributed by atoms with Crippen molar-refractivity contribution in [2.24, 2.45) is 5.92 Å². The minimum absolute atomic E-state index is 0.0805. The van der Waals surface area contributed by atoms with Crippen LogP contribution in [0.1, 0.15) is 42.5 Å². The molecule has 0 saturated carbocycles. The van der Waals surface area contributed by atoms with Crippen LogP contribution in [0.25, 0.3) is 0 Å². The lowest BCUT2D eigenvalue weighted by molar-refractivity contribution is -0.142. The molecular formula is C24H28F2N2O3. The molecule has 2 aliphatic rings. The average Bonchev–Trinajstić information content (AvgIpc) is 2.74. The number of carboxylic acid groups (broad SMARTS) is 1. The number of aromatic hydroxyl groups is 1. The Hall–Kier alpha value is -2.67. The van der Waals surface area contributed by atoms with E-state index >= 15 is 0 Å². The predicted octanol–water partition coefficient (Wildman–Crippen LogP) is 4.29. The van der Waals surface area contributed by atoms with Crippen molar-refractivity contribution in [2.45, 2.75) is 44.7 Å². The topological polar surface area (TPSA) is 64.0 Å². The molecule has 0 amide bonds. The number of phenols is 1. The second kappa shape index (κ2) is 8.83. The number of carboxylic acids is 1. The molecule has 1 saturated heterocycles. The molecule has 0 spiro atoms. The van der Waals surface area contributed by atoms with Gasteiger partial charge in [-0.05, 0) is 67.1 Å². The van der Waals surface area contributed by atoms with E-state index in [1.807, 2.05) is 42.2 Å². The molecule has 2 aromatic carbocycles.